The van der Waals surface area contributed by atoms with E-state index >= 15 is 0 Å². The number of aryl methyl sites for hydroxylation is 1. The standard InChI is InChI=1S/C22H30N4OS.BrH/c1-2-3-7-18-8-10-19(11-9-18)25-26-20-12-14-21(15-13-20)27-16-5-4-6-17-28-22(23)24;/h8-15H,2-7,16-17H2,1H3,(H3,23,24);1H. The van der Waals surface area contributed by atoms with Gasteiger partial charge in [0.1, 0.15) is 5.75 Å². The molecule has 0 aliphatic rings. The summed E-state index contributed by atoms with van der Waals surface area (Å²) in [6, 6.07) is 16.0. The zero-order valence-corrected chi connectivity index (χ0v) is 19.4. The molecule has 158 valence electrons. The van der Waals surface area contributed by atoms with Crippen LogP contribution in [0.4, 0.5) is 11.4 Å². The number of azo groups is 1. The van der Waals surface area contributed by atoms with E-state index in [-0.39, 0.29) is 17.0 Å². The molecule has 0 atom stereocenters. The lowest BCUT2D eigenvalue weighted by molar-refractivity contribution is -0.110. The van der Waals surface area contributed by atoms with Gasteiger partial charge in [0.05, 0.1) is 18.0 Å². The Balaban J connectivity index is 0.00000420. The molecule has 0 amide bonds. The molecule has 2 aromatic rings. The molecule has 2 aromatic carbocycles. The van der Waals surface area contributed by atoms with Crippen molar-refractivity contribution in [3.63, 3.8) is 0 Å². The van der Waals surface area contributed by atoms with Crippen LogP contribution in [0.25, 0.3) is 0 Å². The highest BCUT2D eigenvalue weighted by Gasteiger charge is 1.98. The average Bonchev–Trinajstić information content (AvgIpc) is 2.71. The molecule has 2 rings (SSSR count). The van der Waals surface area contributed by atoms with Crippen molar-refractivity contribution in [3.05, 3.63) is 54.1 Å². The first kappa shape index (κ1) is 25.2. The van der Waals surface area contributed by atoms with E-state index in [1.54, 1.807) is 0 Å². The molecule has 0 bridgehead atoms. The number of rotatable bonds is 12. The zero-order valence-electron chi connectivity index (χ0n) is 17.0. The van der Waals surface area contributed by atoms with Gasteiger partial charge in [0.25, 0.3) is 5.17 Å². The maximum atomic E-state index is 5.76. The number of ether oxygens (including phenoxy) is 1. The van der Waals surface area contributed by atoms with Crippen molar-refractivity contribution in [1.82, 2.24) is 0 Å². The number of hydrogen-bond acceptors (Lipinski definition) is 4. The topological polar surface area (TPSA) is 85.6 Å². The van der Waals surface area contributed by atoms with E-state index in [0.717, 1.165) is 48.6 Å². The normalized spacial score (nSPS) is 10.7. The maximum Gasteiger partial charge on any atom is 0.299 e. The van der Waals surface area contributed by atoms with Gasteiger partial charge in [-0.05, 0) is 85.8 Å². The van der Waals surface area contributed by atoms with Gasteiger partial charge in [-0.25, -0.2) is 0 Å². The first-order chi connectivity index (χ1) is 13.7. The Bertz CT molecular complexity index is 735. The Hall–Kier alpha value is -1.86. The summed E-state index contributed by atoms with van der Waals surface area (Å²) >= 11 is 1.51. The van der Waals surface area contributed by atoms with Gasteiger partial charge >= 0.3 is 0 Å². The lowest BCUT2D eigenvalue weighted by atomic mass is 10.1. The number of nitrogens with two attached hydrogens (primary N) is 2. The minimum atomic E-state index is 0. The highest BCUT2D eigenvalue weighted by Crippen LogP contribution is 2.22. The summed E-state index contributed by atoms with van der Waals surface area (Å²) in [5.74, 6) is 1.82. The molecule has 4 N–H and O–H groups in total. The lowest BCUT2D eigenvalue weighted by Gasteiger charge is -2.06. The molecule has 0 aliphatic heterocycles. The minimum absolute atomic E-state index is 0. The van der Waals surface area contributed by atoms with Gasteiger partial charge in [0, 0.05) is 5.75 Å². The van der Waals surface area contributed by atoms with Gasteiger partial charge in [-0.1, -0.05) is 25.5 Å². The van der Waals surface area contributed by atoms with Crippen LogP contribution in [-0.4, -0.2) is 17.5 Å². The van der Waals surface area contributed by atoms with Crippen LogP contribution in [0, 0.1) is 0 Å². The summed E-state index contributed by atoms with van der Waals surface area (Å²) in [6.07, 6.45) is 6.75. The third kappa shape index (κ3) is 11.0. The maximum absolute atomic E-state index is 5.76. The molecule has 0 saturated carbocycles. The van der Waals surface area contributed by atoms with Crippen LogP contribution in [0.2, 0.25) is 0 Å². The van der Waals surface area contributed by atoms with E-state index < -0.39 is 0 Å². The highest BCUT2D eigenvalue weighted by atomic mass is 79.9. The SMILES string of the molecule is CCCCc1ccc(N=Nc2ccc(OCCCCCSC(N)=[NH2+])cc2)cc1.[Br-]. The molecule has 7 heteroatoms. The molecule has 0 heterocycles. The van der Waals surface area contributed by atoms with E-state index in [1.165, 1.54) is 30.2 Å². The second kappa shape index (κ2) is 15.0. The number of unbranched alkanes of at least 4 members (excludes halogenated alkanes) is 3. The number of thioether (sulfide) groups is 1. The van der Waals surface area contributed by atoms with Crippen LogP contribution in [-0.2, 0) is 6.42 Å². The van der Waals surface area contributed by atoms with Crippen molar-refractivity contribution < 1.29 is 27.1 Å². The van der Waals surface area contributed by atoms with Gasteiger partial charge in [-0.3, -0.25) is 11.1 Å². The number of hydrogen-bond donors (Lipinski definition) is 2. The third-order valence-corrected chi connectivity index (χ3v) is 5.03. The molecule has 29 heavy (non-hydrogen) atoms. The Morgan fingerprint density at radius 3 is 2.14 bits per heavy atom. The Morgan fingerprint density at radius 2 is 1.55 bits per heavy atom. The smallest absolute Gasteiger partial charge is 0.299 e. The molecule has 0 unspecified atom stereocenters. The molecule has 0 saturated heterocycles. The minimum Gasteiger partial charge on any atom is -1.00 e. The molecule has 0 spiro atoms. The largest absolute Gasteiger partial charge is 1.00 e. The molecular formula is C22H31BrN4OS. The first-order valence-corrected chi connectivity index (χ1v) is 10.9. The van der Waals surface area contributed by atoms with Crippen molar-refractivity contribution >= 4 is 28.3 Å². The van der Waals surface area contributed by atoms with Crippen LogP contribution < -0.4 is 32.9 Å². The molecular weight excluding hydrogens is 448 g/mol. The van der Waals surface area contributed by atoms with Gasteiger partial charge in [0.2, 0.25) is 0 Å². The first-order valence-electron chi connectivity index (χ1n) is 9.91. The second-order valence-electron chi connectivity index (χ2n) is 6.62. The van der Waals surface area contributed by atoms with Crippen LogP contribution >= 0.6 is 11.8 Å². The Kier molecular flexibility index (Phi) is 13.1. The van der Waals surface area contributed by atoms with E-state index in [4.69, 9.17) is 15.9 Å². The van der Waals surface area contributed by atoms with Crippen LogP contribution in [0.15, 0.2) is 58.8 Å². The number of benzene rings is 2. The average molecular weight is 479 g/mol. The zero-order chi connectivity index (χ0) is 20.0. The second-order valence-corrected chi connectivity index (χ2v) is 7.79. The number of amidine groups is 1. The van der Waals surface area contributed by atoms with Crippen molar-refractivity contribution in [2.24, 2.45) is 16.0 Å². The summed E-state index contributed by atoms with van der Waals surface area (Å²) in [7, 11) is 0. The molecule has 0 aliphatic carbocycles. The lowest BCUT2D eigenvalue weighted by Crippen LogP contribution is -3.00. The highest BCUT2D eigenvalue weighted by molar-refractivity contribution is 8.13. The Labute approximate surface area is 188 Å². The van der Waals surface area contributed by atoms with Crippen LogP contribution in [0.3, 0.4) is 0 Å². The molecule has 5 nitrogen and oxygen atoms in total. The molecule has 0 fully saturated rings. The summed E-state index contributed by atoms with van der Waals surface area (Å²) in [6.45, 7) is 2.91. The van der Waals surface area contributed by atoms with Crippen molar-refractivity contribution in [1.29, 1.82) is 0 Å². The van der Waals surface area contributed by atoms with E-state index in [9.17, 15) is 0 Å². The van der Waals surface area contributed by atoms with Crippen molar-refractivity contribution in [2.45, 2.75) is 45.4 Å². The van der Waals surface area contributed by atoms with Crippen molar-refractivity contribution in [3.8, 4) is 5.75 Å². The van der Waals surface area contributed by atoms with Gasteiger partial charge in [0.15, 0.2) is 0 Å². The van der Waals surface area contributed by atoms with E-state index in [2.05, 4.69) is 29.3 Å². The third-order valence-electron chi connectivity index (χ3n) is 4.20. The fraction of sp³-hybridized carbons (Fsp3) is 0.409. The summed E-state index contributed by atoms with van der Waals surface area (Å²) < 4.78 is 5.76. The van der Waals surface area contributed by atoms with Gasteiger partial charge in [-0.15, -0.1) is 0 Å². The predicted molar refractivity (Wildman–Crippen MR) is 119 cm³/mol. The Morgan fingerprint density at radius 1 is 0.931 bits per heavy atom. The van der Waals surface area contributed by atoms with Crippen molar-refractivity contribution in [2.75, 3.05) is 12.4 Å². The number of halogens is 1. The quantitative estimate of drug-likeness (QED) is 0.211. The summed E-state index contributed by atoms with van der Waals surface area (Å²) in [4.78, 5) is 0. The fourth-order valence-corrected chi connectivity index (χ4v) is 3.18. The van der Waals surface area contributed by atoms with E-state index in [1.807, 2.05) is 36.4 Å². The molecule has 0 aromatic heterocycles. The summed E-state index contributed by atoms with van der Waals surface area (Å²) in [5.41, 5.74) is 8.45. The van der Waals surface area contributed by atoms with E-state index in [0.29, 0.717) is 11.8 Å². The van der Waals surface area contributed by atoms with Gasteiger partial charge < -0.3 is 21.7 Å². The van der Waals surface area contributed by atoms with Gasteiger partial charge in [-0.2, -0.15) is 10.2 Å². The monoisotopic (exact) mass is 478 g/mol. The molecule has 0 radical (unpaired) electrons. The number of nitrogens with zero attached hydrogens (tertiary/aromatic N) is 2. The van der Waals surface area contributed by atoms with Crippen LogP contribution in [0.5, 0.6) is 5.75 Å². The predicted octanol–water partition coefficient (Wildman–Crippen LogP) is 1.80. The summed E-state index contributed by atoms with van der Waals surface area (Å²) in [5, 5.41) is 14.5. The fourth-order valence-electron chi connectivity index (χ4n) is 2.60. The van der Waals surface area contributed by atoms with Crippen LogP contribution in [0.1, 0.15) is 44.6 Å².